The van der Waals surface area contributed by atoms with Crippen LogP contribution in [0.2, 0.25) is 5.82 Å². The highest BCUT2D eigenvalue weighted by Gasteiger charge is 2.54. The molecule has 1 fully saturated rings. The zero-order valence-corrected chi connectivity index (χ0v) is 7.75. The molecule has 1 aliphatic carbocycles. The van der Waals surface area contributed by atoms with E-state index in [1.165, 1.54) is 6.20 Å². The van der Waals surface area contributed by atoms with Crippen molar-refractivity contribution < 1.29 is 19.6 Å². The van der Waals surface area contributed by atoms with E-state index in [9.17, 15) is 9.82 Å². The van der Waals surface area contributed by atoms with E-state index < -0.39 is 13.1 Å². The number of fused-ring (bicyclic) bond motifs is 3. The maximum atomic E-state index is 10.9. The van der Waals surface area contributed by atoms with Gasteiger partial charge in [0.05, 0.1) is 0 Å². The molecule has 0 amide bonds. The van der Waals surface area contributed by atoms with Crippen molar-refractivity contribution in [2.75, 3.05) is 0 Å². The molecule has 0 aromatic carbocycles. The molecule has 76 valence electrons. The third-order valence-corrected chi connectivity index (χ3v) is 2.98. The van der Waals surface area contributed by atoms with E-state index in [1.807, 2.05) is 0 Å². The Morgan fingerprint density at radius 1 is 1.67 bits per heavy atom. The highest BCUT2D eigenvalue weighted by atomic mass is 16.5. The zero-order chi connectivity index (χ0) is 10.6. The van der Waals surface area contributed by atoms with Crippen molar-refractivity contribution in [3.8, 4) is 5.75 Å². The quantitative estimate of drug-likeness (QED) is 0.652. The Labute approximate surface area is 85.9 Å². The van der Waals surface area contributed by atoms with E-state index in [0.717, 1.165) is 12.0 Å². The number of carboxylic acid groups (broad SMARTS) is 1. The molecule has 1 aromatic heterocycles. The summed E-state index contributed by atoms with van der Waals surface area (Å²) in [5.74, 6) is -0.527. The lowest BCUT2D eigenvalue weighted by Gasteiger charge is -2.19. The molecule has 15 heavy (non-hydrogen) atoms. The number of aromatic nitrogens is 1. The lowest BCUT2D eigenvalue weighted by molar-refractivity contribution is 0.0687. The van der Waals surface area contributed by atoms with Gasteiger partial charge in [-0.1, -0.05) is 0 Å². The Kier molecular flexibility index (Phi) is 1.59. The van der Waals surface area contributed by atoms with E-state index in [4.69, 9.17) is 9.76 Å². The number of rotatable bonds is 1. The van der Waals surface area contributed by atoms with Crippen molar-refractivity contribution >= 4 is 13.1 Å². The minimum Gasteiger partial charge on any atom is -0.534 e. The standard InChI is InChI=1S/C9H8BNO4/c12-9(13)7-8-4(1-2-11-7)5-3-6(5)10(14)15-8/h1-2,5-6,14H,3H2,(H,12,13). The molecule has 0 spiro atoms. The van der Waals surface area contributed by atoms with Gasteiger partial charge in [-0.25, -0.2) is 9.78 Å². The Morgan fingerprint density at radius 2 is 2.47 bits per heavy atom. The first kappa shape index (κ1) is 8.73. The number of carbonyl (C=O) groups is 1. The molecule has 0 radical (unpaired) electrons. The van der Waals surface area contributed by atoms with E-state index in [-0.39, 0.29) is 23.2 Å². The van der Waals surface area contributed by atoms with Crippen molar-refractivity contribution in [3.05, 3.63) is 23.5 Å². The van der Waals surface area contributed by atoms with Gasteiger partial charge in [0.25, 0.3) is 0 Å². The van der Waals surface area contributed by atoms with Crippen molar-refractivity contribution in [1.29, 1.82) is 0 Å². The SMILES string of the molecule is O=C(O)c1nccc2c1OB(O)C1CC21. The van der Waals surface area contributed by atoms with E-state index in [0.29, 0.717) is 0 Å². The van der Waals surface area contributed by atoms with Crippen LogP contribution in [0.25, 0.3) is 0 Å². The summed E-state index contributed by atoms with van der Waals surface area (Å²) >= 11 is 0. The molecule has 2 unspecified atom stereocenters. The second-order valence-electron chi connectivity index (χ2n) is 3.90. The number of carboxylic acids is 1. The van der Waals surface area contributed by atoms with Gasteiger partial charge in [-0.05, 0) is 24.0 Å². The van der Waals surface area contributed by atoms with Gasteiger partial charge < -0.3 is 14.8 Å². The molecule has 2 N–H and O–H groups in total. The van der Waals surface area contributed by atoms with Crippen molar-refractivity contribution in [1.82, 2.24) is 4.98 Å². The lowest BCUT2D eigenvalue weighted by Crippen LogP contribution is -2.27. The molecule has 3 rings (SSSR count). The summed E-state index contributed by atoms with van der Waals surface area (Å²) in [5, 5.41) is 18.4. The first-order chi connectivity index (χ1) is 7.18. The molecule has 2 aliphatic rings. The number of nitrogens with zero attached hydrogens (tertiary/aromatic N) is 1. The molecule has 2 heterocycles. The summed E-state index contributed by atoms with van der Waals surface area (Å²) in [4.78, 5) is 14.6. The third kappa shape index (κ3) is 1.14. The van der Waals surface area contributed by atoms with Crippen LogP contribution in [0.1, 0.15) is 28.4 Å². The van der Waals surface area contributed by atoms with Gasteiger partial charge in [0, 0.05) is 12.0 Å². The van der Waals surface area contributed by atoms with Gasteiger partial charge in [0.1, 0.15) is 5.75 Å². The Hall–Kier alpha value is -1.56. The van der Waals surface area contributed by atoms with Gasteiger partial charge in [-0.3, -0.25) is 0 Å². The molecular weight excluding hydrogens is 197 g/mol. The second-order valence-corrected chi connectivity index (χ2v) is 3.90. The predicted octanol–water partition coefficient (Wildman–Crippen LogP) is 0.510. The number of pyridine rings is 1. The summed E-state index contributed by atoms with van der Waals surface area (Å²) in [7, 11) is -0.884. The molecule has 0 saturated heterocycles. The van der Waals surface area contributed by atoms with E-state index >= 15 is 0 Å². The fourth-order valence-corrected chi connectivity index (χ4v) is 2.13. The fourth-order valence-electron chi connectivity index (χ4n) is 2.13. The van der Waals surface area contributed by atoms with Crippen LogP contribution in [0.4, 0.5) is 0 Å². The highest BCUT2D eigenvalue weighted by Crippen LogP contribution is 2.59. The normalized spacial score (nSPS) is 26.3. The summed E-state index contributed by atoms with van der Waals surface area (Å²) in [6, 6.07) is 1.76. The van der Waals surface area contributed by atoms with Crippen molar-refractivity contribution in [3.63, 3.8) is 0 Å². The van der Waals surface area contributed by atoms with Gasteiger partial charge in [-0.15, -0.1) is 0 Å². The maximum absolute atomic E-state index is 10.9. The Morgan fingerprint density at radius 3 is 3.20 bits per heavy atom. The Balaban J connectivity index is 2.14. The number of hydrogen-bond donors (Lipinski definition) is 2. The number of aromatic carboxylic acids is 1. The molecule has 2 atom stereocenters. The van der Waals surface area contributed by atoms with E-state index in [2.05, 4.69) is 4.98 Å². The minimum absolute atomic E-state index is 0.114. The van der Waals surface area contributed by atoms with Crippen LogP contribution >= 0.6 is 0 Å². The van der Waals surface area contributed by atoms with Gasteiger partial charge in [0.2, 0.25) is 0 Å². The average Bonchev–Trinajstić information content (AvgIpc) is 2.97. The Bertz CT molecular complexity index is 450. The van der Waals surface area contributed by atoms with Crippen LogP contribution in [0.3, 0.4) is 0 Å². The summed E-state index contributed by atoms with van der Waals surface area (Å²) < 4.78 is 5.19. The van der Waals surface area contributed by atoms with Crippen LogP contribution in [-0.2, 0) is 0 Å². The van der Waals surface area contributed by atoms with Crippen molar-refractivity contribution in [2.45, 2.75) is 18.2 Å². The second kappa shape index (κ2) is 2.73. The first-order valence-electron chi connectivity index (χ1n) is 4.75. The predicted molar refractivity (Wildman–Crippen MR) is 50.9 cm³/mol. The molecule has 1 aliphatic heterocycles. The minimum atomic E-state index is -1.13. The number of hydrogen-bond acceptors (Lipinski definition) is 4. The lowest BCUT2D eigenvalue weighted by atomic mass is 9.77. The smallest absolute Gasteiger partial charge is 0.526 e. The topological polar surface area (TPSA) is 79.7 Å². The fraction of sp³-hybridized carbons (Fsp3) is 0.333. The van der Waals surface area contributed by atoms with E-state index in [1.54, 1.807) is 6.07 Å². The van der Waals surface area contributed by atoms with Crippen LogP contribution in [0, 0.1) is 0 Å². The van der Waals surface area contributed by atoms with Crippen LogP contribution in [0.5, 0.6) is 5.75 Å². The van der Waals surface area contributed by atoms with Crippen molar-refractivity contribution in [2.24, 2.45) is 0 Å². The van der Waals surface area contributed by atoms with Crippen LogP contribution in [-0.4, -0.2) is 28.2 Å². The molecular formula is C9H8BNO4. The monoisotopic (exact) mass is 205 g/mol. The molecule has 6 heteroatoms. The zero-order valence-electron chi connectivity index (χ0n) is 7.75. The third-order valence-electron chi connectivity index (χ3n) is 2.98. The summed E-state index contributed by atoms with van der Waals surface area (Å²) in [6.07, 6.45) is 2.33. The van der Waals surface area contributed by atoms with Gasteiger partial charge >= 0.3 is 13.1 Å². The molecule has 1 aromatic rings. The molecule has 0 bridgehead atoms. The first-order valence-corrected chi connectivity index (χ1v) is 4.75. The van der Waals surface area contributed by atoms with Crippen LogP contribution in [0.15, 0.2) is 12.3 Å². The highest BCUT2D eigenvalue weighted by molar-refractivity contribution is 6.48. The van der Waals surface area contributed by atoms with Gasteiger partial charge in [0.15, 0.2) is 5.69 Å². The molecule has 1 saturated carbocycles. The average molecular weight is 205 g/mol. The summed E-state index contributed by atoms with van der Waals surface area (Å²) in [5.41, 5.74) is 0.745. The summed E-state index contributed by atoms with van der Waals surface area (Å²) in [6.45, 7) is 0. The van der Waals surface area contributed by atoms with Crippen LogP contribution < -0.4 is 4.65 Å². The maximum Gasteiger partial charge on any atom is 0.526 e. The largest absolute Gasteiger partial charge is 0.534 e. The van der Waals surface area contributed by atoms with Gasteiger partial charge in [-0.2, -0.15) is 0 Å². The molecule has 5 nitrogen and oxygen atoms in total.